The van der Waals surface area contributed by atoms with Gasteiger partial charge in [0.15, 0.2) is 5.82 Å². The molecule has 0 unspecified atom stereocenters. The number of nitrogens with zero attached hydrogens (tertiary/aromatic N) is 4. The van der Waals surface area contributed by atoms with Crippen LogP contribution in [0.1, 0.15) is 50.0 Å². The van der Waals surface area contributed by atoms with Crippen molar-refractivity contribution < 1.29 is 43.9 Å². The summed E-state index contributed by atoms with van der Waals surface area (Å²) in [6.45, 7) is -0.401. The van der Waals surface area contributed by atoms with E-state index < -0.39 is 59.9 Å². The maximum absolute atomic E-state index is 16.2. The first-order chi connectivity index (χ1) is 22.5. The molecule has 48 heavy (non-hydrogen) atoms. The molecule has 1 saturated heterocycles. The van der Waals surface area contributed by atoms with Crippen molar-refractivity contribution in [3.05, 3.63) is 41.3 Å². The summed E-state index contributed by atoms with van der Waals surface area (Å²) >= 11 is 1.11. The lowest BCUT2D eigenvalue weighted by Gasteiger charge is -2.69. The molecule has 2 bridgehead atoms. The van der Waals surface area contributed by atoms with E-state index in [1.165, 1.54) is 30.7 Å². The number of hydrogen-bond acceptors (Lipinski definition) is 11. The van der Waals surface area contributed by atoms with E-state index in [4.69, 9.17) is 0 Å². The van der Waals surface area contributed by atoms with Crippen LogP contribution < -0.4 is 10.0 Å². The number of cyclic esters (lactones) is 1. The van der Waals surface area contributed by atoms with Gasteiger partial charge in [0.2, 0.25) is 5.95 Å². The van der Waals surface area contributed by atoms with Gasteiger partial charge in [-0.2, -0.15) is 25.9 Å². The normalized spacial score (nSPS) is 27.2. The Hall–Kier alpha value is -3.58. The highest BCUT2D eigenvalue weighted by molar-refractivity contribution is 7.91. The Morgan fingerprint density at radius 3 is 2.38 bits per heavy atom. The summed E-state index contributed by atoms with van der Waals surface area (Å²) in [7, 11) is -7.68. The van der Waals surface area contributed by atoms with Crippen LogP contribution in [0.25, 0.3) is 21.8 Å². The van der Waals surface area contributed by atoms with Crippen molar-refractivity contribution in [3.8, 4) is 21.8 Å². The van der Waals surface area contributed by atoms with E-state index in [0.29, 0.717) is 45.6 Å². The van der Waals surface area contributed by atoms with Crippen LogP contribution in [0.5, 0.6) is 0 Å². The average Bonchev–Trinajstić information content (AvgIpc) is 3.59. The molecule has 2 aromatic heterocycles. The van der Waals surface area contributed by atoms with E-state index in [0.717, 1.165) is 11.3 Å². The summed E-state index contributed by atoms with van der Waals surface area (Å²) in [6.07, 6.45) is -0.997. The summed E-state index contributed by atoms with van der Waals surface area (Å²) in [5.41, 5.74) is -2.77. The zero-order chi connectivity index (χ0) is 34.3. The van der Waals surface area contributed by atoms with E-state index in [-0.39, 0.29) is 55.7 Å². The van der Waals surface area contributed by atoms with E-state index in [2.05, 4.69) is 29.7 Å². The highest BCUT2D eigenvalue weighted by Crippen LogP contribution is 2.79. The van der Waals surface area contributed by atoms with Crippen LogP contribution in [0.2, 0.25) is 0 Å². The van der Waals surface area contributed by atoms with E-state index in [9.17, 15) is 34.8 Å². The molecule has 4 aliphatic carbocycles. The zero-order valence-corrected chi connectivity index (χ0v) is 27.8. The predicted octanol–water partition coefficient (Wildman–Crippen LogP) is 5.27. The van der Waals surface area contributed by atoms with E-state index in [1.54, 1.807) is 6.07 Å². The average molecular weight is 731 g/mol. The van der Waals surface area contributed by atoms with Crippen molar-refractivity contribution in [1.82, 2.24) is 19.3 Å². The smallest absolute Gasteiger partial charge is 0.425 e. The third kappa shape index (κ3) is 5.56. The lowest BCUT2D eigenvalue weighted by molar-refractivity contribution is -0.337. The number of amides is 1. The van der Waals surface area contributed by atoms with Crippen LogP contribution in [0.3, 0.4) is 0 Å². The minimum Gasteiger partial charge on any atom is -0.447 e. The monoisotopic (exact) mass is 730 g/mol. The number of anilines is 2. The first kappa shape index (κ1) is 32.9. The molecule has 5 aliphatic rings. The Bertz CT molecular complexity index is 1990. The van der Waals surface area contributed by atoms with Crippen molar-refractivity contribution in [2.24, 2.45) is 5.41 Å². The van der Waals surface area contributed by atoms with Gasteiger partial charge in [0.25, 0.3) is 0 Å². The highest BCUT2D eigenvalue weighted by atomic mass is 32.2. The summed E-state index contributed by atoms with van der Waals surface area (Å²) in [5.74, 6) is -0.775. The molecular weight excluding hydrogens is 701 g/mol. The fourth-order valence-corrected chi connectivity index (χ4v) is 10.6. The summed E-state index contributed by atoms with van der Waals surface area (Å²) < 4.78 is 114. The Balaban J connectivity index is 1.22. The van der Waals surface area contributed by atoms with Crippen molar-refractivity contribution in [2.45, 2.75) is 67.8 Å². The number of aromatic nitrogens is 3. The number of nitrogens with one attached hydrogen (secondary N) is 2. The molecule has 0 spiro atoms. The Morgan fingerprint density at radius 1 is 1.04 bits per heavy atom. The van der Waals surface area contributed by atoms with Gasteiger partial charge in [-0.05, 0) is 63.1 Å². The van der Waals surface area contributed by atoms with Crippen LogP contribution in [0.4, 0.5) is 34.0 Å². The Morgan fingerprint density at radius 2 is 1.75 bits per heavy atom. The van der Waals surface area contributed by atoms with Gasteiger partial charge in [-0.15, -0.1) is 11.3 Å². The minimum absolute atomic E-state index is 0.0678. The Kier molecular flexibility index (Phi) is 7.71. The largest absolute Gasteiger partial charge is 0.447 e. The van der Waals surface area contributed by atoms with Crippen molar-refractivity contribution in [3.63, 3.8) is 0 Å². The Labute approximate surface area is 277 Å². The quantitative estimate of drug-likeness (QED) is 0.278. The van der Waals surface area contributed by atoms with Crippen LogP contribution >= 0.6 is 11.3 Å². The van der Waals surface area contributed by atoms with Gasteiger partial charge in [-0.25, -0.2) is 32.6 Å². The number of carbonyl (C=O) groups is 1. The van der Waals surface area contributed by atoms with Gasteiger partial charge >= 0.3 is 22.5 Å². The second-order valence-electron chi connectivity index (χ2n) is 13.0. The van der Waals surface area contributed by atoms with Crippen LogP contribution in [-0.2, 0) is 30.2 Å². The topological polar surface area (TPSA) is 161 Å². The highest BCUT2D eigenvalue weighted by Gasteiger charge is 2.79. The molecular formula is C29H30F4N6O6S3. The number of alkyl halides is 3. The van der Waals surface area contributed by atoms with Crippen LogP contribution in [-0.4, -0.2) is 79.1 Å². The van der Waals surface area contributed by atoms with Gasteiger partial charge in [0.1, 0.15) is 21.5 Å². The number of hydrogen-bond donors (Lipinski definition) is 2. The minimum atomic E-state index is -4.52. The standard InChI is InChI=1S/C29H30F4N6O6S3/c1-47(41,42)17-7-5-16(6-8-17)35-25-34-10-9-20(36-25)23-22(37-24(46-23)27-13-28(14-27,15-27)29(31,32)33)18-3-2-4-19(21(18)30)38-48(43,44)39-11-12-45-26(39)40/h2-4,9-10,16-17,38H,5-8,11-15H2,1H3,(H,34,35,36). The van der Waals surface area contributed by atoms with Crippen molar-refractivity contribution in [1.29, 1.82) is 0 Å². The van der Waals surface area contributed by atoms with Gasteiger partial charge in [0, 0.05) is 29.5 Å². The first-order valence-corrected chi connectivity index (χ1v) is 19.3. The summed E-state index contributed by atoms with van der Waals surface area (Å²) in [4.78, 5) is 25.8. The zero-order valence-electron chi connectivity index (χ0n) is 25.4. The lowest BCUT2D eigenvalue weighted by Crippen LogP contribution is -2.70. The number of halogens is 4. The molecule has 5 fully saturated rings. The molecule has 1 amide bonds. The number of thiazole rings is 1. The van der Waals surface area contributed by atoms with E-state index in [1.807, 2.05) is 0 Å². The molecule has 8 rings (SSSR count). The third-order valence-corrected chi connectivity index (χ3v) is 14.1. The molecule has 0 radical (unpaired) electrons. The summed E-state index contributed by atoms with van der Waals surface area (Å²) in [5, 5.41) is 3.23. The molecule has 0 atom stereocenters. The summed E-state index contributed by atoms with van der Waals surface area (Å²) in [6, 6.07) is 5.41. The lowest BCUT2D eigenvalue weighted by atomic mass is 9.35. The van der Waals surface area contributed by atoms with Gasteiger partial charge < -0.3 is 10.1 Å². The number of benzene rings is 1. The molecule has 19 heteroatoms. The molecule has 258 valence electrons. The molecule has 3 heterocycles. The van der Waals surface area contributed by atoms with Gasteiger partial charge in [0.05, 0.1) is 39.2 Å². The first-order valence-electron chi connectivity index (χ1n) is 15.1. The predicted molar refractivity (Wildman–Crippen MR) is 168 cm³/mol. The molecule has 1 aliphatic heterocycles. The van der Waals surface area contributed by atoms with Crippen LogP contribution in [0, 0.1) is 11.2 Å². The number of ether oxygens (including phenoxy) is 1. The molecule has 12 nitrogen and oxygen atoms in total. The maximum Gasteiger partial charge on any atom is 0.425 e. The SMILES string of the molecule is CS(=O)(=O)C1CCC(Nc2nccc(-c3sc(C45CC(C(F)(F)F)(C4)C5)nc3-c3cccc(NS(=O)(=O)N4CCOC4=O)c3F)n2)CC1. The van der Waals surface area contributed by atoms with Gasteiger partial charge in [-0.1, -0.05) is 6.07 Å². The van der Waals surface area contributed by atoms with Crippen molar-refractivity contribution in [2.75, 3.05) is 29.4 Å². The maximum atomic E-state index is 16.2. The molecule has 2 N–H and O–H groups in total. The fourth-order valence-electron chi connectivity index (χ4n) is 7.18. The number of rotatable bonds is 9. The second kappa shape index (κ2) is 11.2. The third-order valence-electron chi connectivity index (χ3n) is 9.72. The molecule has 3 aromatic rings. The van der Waals surface area contributed by atoms with E-state index >= 15 is 4.39 Å². The molecule has 4 saturated carbocycles. The number of sulfone groups is 1. The van der Waals surface area contributed by atoms with Crippen molar-refractivity contribution >= 4 is 49.1 Å². The fraction of sp³-hybridized carbons (Fsp3) is 0.517. The van der Waals surface area contributed by atoms with Crippen LogP contribution in [0.15, 0.2) is 30.5 Å². The van der Waals surface area contributed by atoms with Gasteiger partial charge in [-0.3, -0.25) is 4.72 Å². The number of carbonyl (C=O) groups excluding carboxylic acids is 1. The second-order valence-corrected chi connectivity index (χ2v) is 17.9. The molecule has 1 aromatic carbocycles.